The third-order valence-electron chi connectivity index (χ3n) is 4.46. The molecule has 5 nitrogen and oxygen atoms in total. The van der Waals surface area contributed by atoms with Crippen LogP contribution in [-0.2, 0) is 0 Å². The first-order valence-electron chi connectivity index (χ1n) is 7.18. The van der Waals surface area contributed by atoms with E-state index in [0.29, 0.717) is 16.8 Å². The first kappa shape index (κ1) is 12.3. The molecule has 1 unspecified atom stereocenters. The molecule has 0 bridgehead atoms. The van der Waals surface area contributed by atoms with Crippen molar-refractivity contribution >= 4 is 32.7 Å². The summed E-state index contributed by atoms with van der Waals surface area (Å²) in [5.41, 5.74) is 1.46. The zero-order valence-corrected chi connectivity index (χ0v) is 12.2. The van der Waals surface area contributed by atoms with E-state index < -0.39 is 0 Å². The van der Waals surface area contributed by atoms with Gasteiger partial charge in [-0.2, -0.15) is 5.10 Å². The van der Waals surface area contributed by atoms with Crippen LogP contribution in [0.3, 0.4) is 0 Å². The Morgan fingerprint density at radius 3 is 2.71 bits per heavy atom. The molecule has 1 atom stereocenters. The molecule has 0 fully saturated rings. The van der Waals surface area contributed by atoms with E-state index in [4.69, 9.17) is 0 Å². The normalized spacial score (nSPS) is 13.9. The van der Waals surface area contributed by atoms with Gasteiger partial charge in [0.05, 0.1) is 17.6 Å². The van der Waals surface area contributed by atoms with Crippen molar-refractivity contribution in [3.63, 3.8) is 0 Å². The van der Waals surface area contributed by atoms with Crippen LogP contribution in [0.1, 0.15) is 26.8 Å². The molecule has 0 aliphatic carbocycles. The minimum absolute atomic E-state index is 0.0181. The van der Waals surface area contributed by atoms with Gasteiger partial charge in [0.15, 0.2) is 0 Å². The Bertz CT molecular complexity index is 1010. The molecule has 0 aliphatic heterocycles. The summed E-state index contributed by atoms with van der Waals surface area (Å²) in [7, 11) is 0. The van der Waals surface area contributed by atoms with Gasteiger partial charge >= 0.3 is 0 Å². The average molecular weight is 280 g/mol. The number of aromatic amines is 1. The van der Waals surface area contributed by atoms with Crippen LogP contribution in [0.2, 0.25) is 0 Å². The maximum atomic E-state index is 12.8. The van der Waals surface area contributed by atoms with E-state index in [1.165, 1.54) is 0 Å². The second-order valence-corrected chi connectivity index (χ2v) is 5.95. The number of H-pyrrole nitrogens is 1. The molecular weight excluding hydrogens is 264 g/mol. The zero-order chi connectivity index (χ0) is 14.7. The van der Waals surface area contributed by atoms with Crippen molar-refractivity contribution in [1.82, 2.24) is 19.7 Å². The largest absolute Gasteiger partial charge is 0.346 e. The van der Waals surface area contributed by atoms with Gasteiger partial charge in [0.1, 0.15) is 11.2 Å². The molecule has 4 rings (SSSR count). The highest BCUT2D eigenvalue weighted by Crippen LogP contribution is 2.30. The molecule has 0 saturated carbocycles. The summed E-state index contributed by atoms with van der Waals surface area (Å²) in [6.07, 6.45) is 5.32. The van der Waals surface area contributed by atoms with Gasteiger partial charge in [-0.15, -0.1) is 0 Å². The van der Waals surface area contributed by atoms with Gasteiger partial charge < -0.3 is 4.98 Å². The minimum atomic E-state index is 0.0181. The van der Waals surface area contributed by atoms with Crippen LogP contribution in [0, 0.1) is 5.92 Å². The molecule has 21 heavy (non-hydrogen) atoms. The van der Waals surface area contributed by atoms with Crippen molar-refractivity contribution in [3.05, 3.63) is 34.9 Å². The van der Waals surface area contributed by atoms with Crippen LogP contribution in [0.25, 0.3) is 32.7 Å². The number of rotatable bonds is 2. The van der Waals surface area contributed by atoms with Gasteiger partial charge in [0.25, 0.3) is 0 Å². The lowest BCUT2D eigenvalue weighted by Crippen LogP contribution is -2.17. The molecule has 5 heteroatoms. The van der Waals surface area contributed by atoms with Crippen LogP contribution in [0.15, 0.2) is 29.5 Å². The maximum Gasteiger partial charge on any atom is 0.213 e. The Labute approximate surface area is 120 Å². The van der Waals surface area contributed by atoms with Crippen molar-refractivity contribution < 1.29 is 0 Å². The topological polar surface area (TPSA) is 63.6 Å². The number of aromatic nitrogens is 4. The van der Waals surface area contributed by atoms with Crippen molar-refractivity contribution in [2.75, 3.05) is 0 Å². The van der Waals surface area contributed by atoms with Crippen molar-refractivity contribution in [2.45, 2.75) is 26.8 Å². The van der Waals surface area contributed by atoms with Gasteiger partial charge in [0, 0.05) is 23.2 Å². The third kappa shape index (κ3) is 1.48. The standard InChI is InChI=1S/C16H16N4O/c1-8(2)9(3)20-14-11(7-19-20)10-4-5-17-16-13(10)12(6-18-16)15(14)21/h4-9H,1-3H3,(H,17,18). The summed E-state index contributed by atoms with van der Waals surface area (Å²) in [5, 5.41) is 8.01. The summed E-state index contributed by atoms with van der Waals surface area (Å²) < 4.78 is 1.86. The summed E-state index contributed by atoms with van der Waals surface area (Å²) >= 11 is 0. The number of benzene rings is 1. The summed E-state index contributed by atoms with van der Waals surface area (Å²) in [5.74, 6) is 0.408. The highest BCUT2D eigenvalue weighted by Gasteiger charge is 2.20. The van der Waals surface area contributed by atoms with Gasteiger partial charge in [-0.3, -0.25) is 9.48 Å². The number of nitrogens with zero attached hydrogens (tertiary/aromatic N) is 3. The molecule has 4 aromatic rings. The third-order valence-corrected chi connectivity index (χ3v) is 4.46. The zero-order valence-electron chi connectivity index (χ0n) is 12.2. The van der Waals surface area contributed by atoms with Crippen LogP contribution < -0.4 is 5.43 Å². The lowest BCUT2D eigenvalue weighted by Gasteiger charge is -2.17. The number of pyridine rings is 1. The van der Waals surface area contributed by atoms with E-state index in [9.17, 15) is 4.79 Å². The highest BCUT2D eigenvalue weighted by atomic mass is 16.1. The molecular formula is C16H16N4O. The van der Waals surface area contributed by atoms with Gasteiger partial charge in [-0.1, -0.05) is 13.8 Å². The van der Waals surface area contributed by atoms with E-state index in [1.54, 1.807) is 12.4 Å². The Kier molecular flexibility index (Phi) is 2.37. The number of hydrogen-bond donors (Lipinski definition) is 1. The molecule has 3 heterocycles. The number of hydrogen-bond acceptors (Lipinski definition) is 3. The van der Waals surface area contributed by atoms with Crippen molar-refractivity contribution in [3.8, 4) is 0 Å². The van der Waals surface area contributed by atoms with Crippen LogP contribution in [0.5, 0.6) is 0 Å². The summed E-state index contributed by atoms with van der Waals surface area (Å²) in [4.78, 5) is 20.2. The second-order valence-electron chi connectivity index (χ2n) is 5.95. The molecule has 1 aromatic carbocycles. The number of fused-ring (bicyclic) bond motifs is 2. The van der Waals surface area contributed by atoms with E-state index in [2.05, 4.69) is 35.8 Å². The summed E-state index contributed by atoms with van der Waals surface area (Å²) in [6.45, 7) is 6.37. The Morgan fingerprint density at radius 2 is 1.95 bits per heavy atom. The second kappa shape index (κ2) is 4.04. The van der Waals surface area contributed by atoms with Gasteiger partial charge in [-0.25, -0.2) is 4.98 Å². The predicted octanol–water partition coefficient (Wildman–Crippen LogP) is 3.08. The molecule has 0 spiro atoms. The molecule has 106 valence electrons. The molecule has 0 amide bonds. The molecule has 0 saturated heterocycles. The van der Waals surface area contributed by atoms with Crippen molar-refractivity contribution in [1.29, 1.82) is 0 Å². The fraction of sp³-hybridized carbons (Fsp3) is 0.312. The molecule has 0 radical (unpaired) electrons. The quantitative estimate of drug-likeness (QED) is 0.613. The monoisotopic (exact) mass is 280 g/mol. The SMILES string of the molecule is CC(C)C(C)n1ncc2c3cc[nH]c4ncc(c(=O)c21)c43. The van der Waals surface area contributed by atoms with E-state index >= 15 is 0 Å². The summed E-state index contributed by atoms with van der Waals surface area (Å²) in [6, 6.07) is 2.16. The van der Waals surface area contributed by atoms with E-state index in [0.717, 1.165) is 21.8 Å². The first-order chi connectivity index (χ1) is 10.1. The average Bonchev–Trinajstić information content (AvgIpc) is 3.09. The van der Waals surface area contributed by atoms with Crippen LogP contribution in [-0.4, -0.2) is 19.7 Å². The predicted molar refractivity (Wildman–Crippen MR) is 83.9 cm³/mol. The Hall–Kier alpha value is -2.43. The molecule has 3 aromatic heterocycles. The number of nitrogens with one attached hydrogen (secondary N) is 1. The fourth-order valence-electron chi connectivity index (χ4n) is 2.96. The van der Waals surface area contributed by atoms with E-state index in [1.807, 2.05) is 16.9 Å². The van der Waals surface area contributed by atoms with Crippen LogP contribution >= 0.6 is 0 Å². The van der Waals surface area contributed by atoms with Gasteiger partial charge in [0.2, 0.25) is 5.43 Å². The molecule has 0 aliphatic rings. The van der Waals surface area contributed by atoms with E-state index in [-0.39, 0.29) is 11.5 Å². The van der Waals surface area contributed by atoms with Crippen LogP contribution in [0.4, 0.5) is 0 Å². The lowest BCUT2D eigenvalue weighted by molar-refractivity contribution is 0.385. The Balaban J connectivity index is 2.24. The smallest absolute Gasteiger partial charge is 0.213 e. The Morgan fingerprint density at radius 1 is 1.14 bits per heavy atom. The fourth-order valence-corrected chi connectivity index (χ4v) is 2.96. The van der Waals surface area contributed by atoms with Crippen molar-refractivity contribution in [2.24, 2.45) is 5.92 Å². The molecule has 1 N–H and O–H groups in total. The first-order valence-corrected chi connectivity index (χ1v) is 7.18. The maximum absolute atomic E-state index is 12.8. The highest BCUT2D eigenvalue weighted by molar-refractivity contribution is 6.19. The van der Waals surface area contributed by atoms with Gasteiger partial charge in [-0.05, 0) is 24.3 Å². The lowest BCUT2D eigenvalue weighted by atomic mass is 10.0. The minimum Gasteiger partial charge on any atom is -0.346 e.